The van der Waals surface area contributed by atoms with Crippen LogP contribution in [0.2, 0.25) is 0 Å². The number of amides is 1. The number of hydrazine groups is 1. The van der Waals surface area contributed by atoms with Crippen molar-refractivity contribution in [1.29, 1.82) is 0 Å². The molecule has 2 aromatic rings. The number of hydrogen-bond donors (Lipinski definition) is 2. The second kappa shape index (κ2) is 6.29. The molecule has 6 nitrogen and oxygen atoms in total. The van der Waals surface area contributed by atoms with E-state index in [1.807, 2.05) is 12.1 Å². The Hall–Kier alpha value is -2.50. The number of rotatable bonds is 5. The van der Waals surface area contributed by atoms with Gasteiger partial charge in [0.2, 0.25) is 11.9 Å². The first kappa shape index (κ1) is 12.0. The van der Waals surface area contributed by atoms with Gasteiger partial charge >= 0.3 is 0 Å². The molecule has 2 heterocycles. The molecule has 0 bridgehead atoms. The molecule has 0 aliphatic rings. The maximum atomic E-state index is 11.5. The maximum absolute atomic E-state index is 11.5. The standard InChI is InChI=1S/C12H13N5O/c18-11(5-4-10-3-1-6-13-9-10)16-17-12-14-7-2-8-15-12/h1-3,6-9H,4-5H2,(H,16,18)(H,14,15,17). The number of anilines is 1. The zero-order valence-corrected chi connectivity index (χ0v) is 9.71. The first-order valence-electron chi connectivity index (χ1n) is 5.55. The van der Waals surface area contributed by atoms with E-state index in [1.54, 1.807) is 30.9 Å². The number of aromatic nitrogens is 3. The van der Waals surface area contributed by atoms with Crippen LogP contribution in [0.1, 0.15) is 12.0 Å². The Morgan fingerprint density at radius 3 is 2.72 bits per heavy atom. The third kappa shape index (κ3) is 3.82. The number of pyridine rings is 1. The van der Waals surface area contributed by atoms with Gasteiger partial charge in [-0.15, -0.1) is 0 Å². The van der Waals surface area contributed by atoms with E-state index in [2.05, 4.69) is 25.8 Å². The molecule has 0 saturated carbocycles. The van der Waals surface area contributed by atoms with Crippen LogP contribution in [0.3, 0.4) is 0 Å². The summed E-state index contributed by atoms with van der Waals surface area (Å²) in [5, 5.41) is 0. The average molecular weight is 243 g/mol. The normalized spacial score (nSPS) is 9.78. The van der Waals surface area contributed by atoms with E-state index < -0.39 is 0 Å². The molecule has 2 rings (SSSR count). The van der Waals surface area contributed by atoms with Gasteiger partial charge in [0.1, 0.15) is 0 Å². The summed E-state index contributed by atoms with van der Waals surface area (Å²) in [5.74, 6) is 0.249. The van der Waals surface area contributed by atoms with E-state index in [1.165, 1.54) is 0 Å². The van der Waals surface area contributed by atoms with Crippen LogP contribution in [-0.2, 0) is 11.2 Å². The number of carbonyl (C=O) groups excluding carboxylic acids is 1. The SMILES string of the molecule is O=C(CCc1cccnc1)NNc1ncccn1. The molecule has 2 N–H and O–H groups in total. The van der Waals surface area contributed by atoms with E-state index in [4.69, 9.17) is 0 Å². The minimum Gasteiger partial charge on any atom is -0.273 e. The molecule has 0 atom stereocenters. The van der Waals surface area contributed by atoms with Crippen molar-refractivity contribution in [1.82, 2.24) is 20.4 Å². The third-order valence-electron chi connectivity index (χ3n) is 2.24. The Morgan fingerprint density at radius 2 is 2.00 bits per heavy atom. The van der Waals surface area contributed by atoms with Gasteiger partial charge in [0, 0.05) is 31.2 Å². The van der Waals surface area contributed by atoms with Crippen LogP contribution in [-0.4, -0.2) is 20.9 Å². The molecule has 92 valence electrons. The van der Waals surface area contributed by atoms with Crippen LogP contribution in [0.15, 0.2) is 43.0 Å². The number of aryl methyl sites for hydroxylation is 1. The topological polar surface area (TPSA) is 79.8 Å². The van der Waals surface area contributed by atoms with Crippen molar-refractivity contribution in [2.24, 2.45) is 0 Å². The molecule has 0 unspecified atom stereocenters. The summed E-state index contributed by atoms with van der Waals surface area (Å²) >= 11 is 0. The summed E-state index contributed by atoms with van der Waals surface area (Å²) in [6, 6.07) is 5.49. The lowest BCUT2D eigenvalue weighted by Crippen LogP contribution is -2.30. The molecule has 0 saturated heterocycles. The number of hydrogen-bond acceptors (Lipinski definition) is 5. The second-order valence-electron chi connectivity index (χ2n) is 3.61. The van der Waals surface area contributed by atoms with Crippen molar-refractivity contribution in [3.63, 3.8) is 0 Å². The fourth-order valence-corrected chi connectivity index (χ4v) is 1.36. The van der Waals surface area contributed by atoms with Crippen LogP contribution in [0, 0.1) is 0 Å². The summed E-state index contributed by atoms with van der Waals surface area (Å²) in [7, 11) is 0. The van der Waals surface area contributed by atoms with Crippen molar-refractivity contribution >= 4 is 11.9 Å². The van der Waals surface area contributed by atoms with Crippen molar-refractivity contribution < 1.29 is 4.79 Å². The quantitative estimate of drug-likeness (QED) is 0.764. The highest BCUT2D eigenvalue weighted by Gasteiger charge is 2.02. The Morgan fingerprint density at radius 1 is 1.17 bits per heavy atom. The molecular weight excluding hydrogens is 230 g/mol. The van der Waals surface area contributed by atoms with E-state index in [0.717, 1.165) is 5.56 Å². The summed E-state index contributed by atoms with van der Waals surface area (Å²) in [6.07, 6.45) is 7.68. The molecule has 0 aliphatic carbocycles. The van der Waals surface area contributed by atoms with Crippen molar-refractivity contribution in [2.75, 3.05) is 5.43 Å². The molecule has 18 heavy (non-hydrogen) atoms. The Labute approximate surface area is 104 Å². The minimum absolute atomic E-state index is 0.119. The largest absolute Gasteiger partial charge is 0.273 e. The predicted octanol–water partition coefficient (Wildman–Crippen LogP) is 0.947. The Kier molecular flexibility index (Phi) is 4.18. The van der Waals surface area contributed by atoms with E-state index in [-0.39, 0.29) is 5.91 Å². The van der Waals surface area contributed by atoms with E-state index >= 15 is 0 Å². The lowest BCUT2D eigenvalue weighted by Gasteiger charge is -2.06. The lowest BCUT2D eigenvalue weighted by atomic mass is 10.1. The van der Waals surface area contributed by atoms with Crippen molar-refractivity contribution in [3.8, 4) is 0 Å². The summed E-state index contributed by atoms with van der Waals surface area (Å²) in [5.41, 5.74) is 6.21. The van der Waals surface area contributed by atoms with Gasteiger partial charge in [0.25, 0.3) is 0 Å². The third-order valence-corrected chi connectivity index (χ3v) is 2.24. The highest BCUT2D eigenvalue weighted by atomic mass is 16.2. The summed E-state index contributed by atoms with van der Waals surface area (Å²) in [6.45, 7) is 0. The number of nitrogens with zero attached hydrogens (tertiary/aromatic N) is 3. The molecule has 0 fully saturated rings. The van der Waals surface area contributed by atoms with Crippen LogP contribution in [0.25, 0.3) is 0 Å². The number of nitrogens with one attached hydrogen (secondary N) is 2. The Balaban J connectivity index is 1.73. The minimum atomic E-state index is -0.119. The van der Waals surface area contributed by atoms with Crippen molar-refractivity contribution in [3.05, 3.63) is 48.5 Å². The molecule has 0 spiro atoms. The summed E-state index contributed by atoms with van der Waals surface area (Å²) < 4.78 is 0. The summed E-state index contributed by atoms with van der Waals surface area (Å²) in [4.78, 5) is 23.4. The highest BCUT2D eigenvalue weighted by Crippen LogP contribution is 2.00. The molecule has 1 amide bonds. The Bertz CT molecular complexity index is 443. The zero-order valence-electron chi connectivity index (χ0n) is 9.71. The van der Waals surface area contributed by atoms with Gasteiger partial charge in [-0.3, -0.25) is 20.6 Å². The monoisotopic (exact) mass is 243 g/mol. The second-order valence-corrected chi connectivity index (χ2v) is 3.61. The van der Waals surface area contributed by atoms with Crippen molar-refractivity contribution in [2.45, 2.75) is 12.8 Å². The molecule has 0 aromatic carbocycles. The van der Waals surface area contributed by atoms with Crippen LogP contribution in [0.4, 0.5) is 5.95 Å². The fraction of sp³-hybridized carbons (Fsp3) is 0.167. The predicted molar refractivity (Wildman–Crippen MR) is 66.4 cm³/mol. The van der Waals surface area contributed by atoms with Gasteiger partial charge in [0.15, 0.2) is 0 Å². The maximum Gasteiger partial charge on any atom is 0.241 e. The lowest BCUT2D eigenvalue weighted by molar-refractivity contribution is -0.120. The van der Waals surface area contributed by atoms with E-state index in [0.29, 0.717) is 18.8 Å². The van der Waals surface area contributed by atoms with Crippen LogP contribution in [0.5, 0.6) is 0 Å². The first-order valence-corrected chi connectivity index (χ1v) is 5.55. The van der Waals surface area contributed by atoms with Gasteiger partial charge in [0.05, 0.1) is 0 Å². The van der Waals surface area contributed by atoms with Gasteiger partial charge in [-0.25, -0.2) is 9.97 Å². The molecular formula is C12H13N5O. The van der Waals surface area contributed by atoms with Gasteiger partial charge in [-0.05, 0) is 24.1 Å². The molecule has 0 aliphatic heterocycles. The highest BCUT2D eigenvalue weighted by molar-refractivity contribution is 5.77. The fourth-order valence-electron chi connectivity index (χ4n) is 1.36. The van der Waals surface area contributed by atoms with Gasteiger partial charge < -0.3 is 0 Å². The van der Waals surface area contributed by atoms with E-state index in [9.17, 15) is 4.79 Å². The molecule has 0 radical (unpaired) electrons. The van der Waals surface area contributed by atoms with Crippen LogP contribution < -0.4 is 10.9 Å². The van der Waals surface area contributed by atoms with Crippen LogP contribution >= 0.6 is 0 Å². The van der Waals surface area contributed by atoms with Gasteiger partial charge in [-0.2, -0.15) is 0 Å². The number of carbonyl (C=O) groups is 1. The molecule has 2 aromatic heterocycles. The molecule has 6 heteroatoms. The van der Waals surface area contributed by atoms with Gasteiger partial charge in [-0.1, -0.05) is 6.07 Å². The smallest absolute Gasteiger partial charge is 0.241 e. The average Bonchev–Trinajstić information content (AvgIpc) is 2.45. The first-order chi connectivity index (χ1) is 8.84. The zero-order chi connectivity index (χ0) is 12.6.